The second-order valence-corrected chi connectivity index (χ2v) is 6.15. The van der Waals surface area contributed by atoms with E-state index in [4.69, 9.17) is 11.6 Å². The molecule has 2 nitrogen and oxygen atoms in total. The van der Waals surface area contributed by atoms with Gasteiger partial charge in [0.1, 0.15) is 9.84 Å². The molecule has 0 saturated heterocycles. The minimum Gasteiger partial charge on any atom is -0.796 e. The monoisotopic (exact) mass is 362 g/mol. The third-order valence-electron chi connectivity index (χ3n) is 1.14. The first-order valence-electron chi connectivity index (χ1n) is 4.68. The van der Waals surface area contributed by atoms with Crippen LogP contribution in [0.3, 0.4) is 0 Å². The van der Waals surface area contributed by atoms with Gasteiger partial charge < -0.3 is 12.6 Å². The molecular weight excluding hydrogens is 343 g/mol. The van der Waals surface area contributed by atoms with Crippen LogP contribution in [0.2, 0.25) is 0 Å². The number of halogens is 2. The minimum atomic E-state index is -2.77. The van der Waals surface area contributed by atoms with E-state index in [2.05, 4.69) is 35.5 Å². The van der Waals surface area contributed by atoms with E-state index in [9.17, 15) is 8.42 Å². The van der Waals surface area contributed by atoms with Crippen LogP contribution in [0.5, 0.6) is 0 Å². The van der Waals surface area contributed by atoms with Crippen LogP contribution >= 0.6 is 27.5 Å². The maximum atomic E-state index is 10.3. The molecule has 0 rings (SSSR count). The molecule has 16 heavy (non-hydrogen) atoms. The Bertz CT molecular complexity index is 188. The van der Waals surface area contributed by atoms with Gasteiger partial charge >= 0.3 is 29.6 Å². The predicted molar refractivity (Wildman–Crippen MR) is 77.0 cm³/mol. The van der Waals surface area contributed by atoms with E-state index in [1.54, 1.807) is 6.26 Å². The summed E-state index contributed by atoms with van der Waals surface area (Å²) in [6, 6.07) is 0. The molecule has 0 spiro atoms. The molecule has 0 unspecified atom stereocenters. The summed E-state index contributed by atoms with van der Waals surface area (Å²) in [5, 5.41) is 1.16. The largest absolute Gasteiger partial charge is 1.00 e. The number of hydrogen-bond donors (Lipinski definition) is 0. The molecule has 0 atom stereocenters. The van der Waals surface area contributed by atoms with Crippen molar-refractivity contribution >= 4 is 50.0 Å². The molecule has 0 amide bonds. The van der Waals surface area contributed by atoms with E-state index in [0.29, 0.717) is 12.3 Å². The standard InChI is InChI=1S/C4H9Br.C4H9ClO2S.CH4S.Na/c1-2-3-4-5;1-8(6,7)4-2-3-5;1-2;/h2-4H2,1H3;2-4H2,1H3;2H,1H3;/q;;;+1/p-1. The minimum absolute atomic E-state index is 0. The number of alkyl halides is 2. The summed E-state index contributed by atoms with van der Waals surface area (Å²) in [5.41, 5.74) is 0. The Morgan fingerprint density at radius 3 is 1.75 bits per heavy atom. The van der Waals surface area contributed by atoms with E-state index >= 15 is 0 Å². The van der Waals surface area contributed by atoms with Gasteiger partial charge in [-0.1, -0.05) is 29.3 Å². The van der Waals surface area contributed by atoms with Gasteiger partial charge in [0, 0.05) is 17.5 Å². The van der Waals surface area contributed by atoms with Crippen molar-refractivity contribution in [3.05, 3.63) is 0 Å². The summed E-state index contributed by atoms with van der Waals surface area (Å²) in [4.78, 5) is 0. The van der Waals surface area contributed by atoms with Gasteiger partial charge in [-0.15, -0.1) is 11.6 Å². The summed E-state index contributed by atoms with van der Waals surface area (Å²) >= 11 is 12.6. The van der Waals surface area contributed by atoms with Crippen LogP contribution in [0.25, 0.3) is 0 Å². The smallest absolute Gasteiger partial charge is 0.796 e. The fourth-order valence-electron chi connectivity index (χ4n) is 0.450. The van der Waals surface area contributed by atoms with Crippen molar-refractivity contribution < 1.29 is 38.0 Å². The molecule has 0 aliphatic rings. The van der Waals surface area contributed by atoms with Crippen molar-refractivity contribution in [2.45, 2.75) is 26.2 Å². The van der Waals surface area contributed by atoms with Crippen LogP contribution in [0.4, 0.5) is 0 Å². The molecule has 0 fully saturated rings. The zero-order chi connectivity index (χ0) is 12.7. The first-order valence-corrected chi connectivity index (χ1v) is 9.21. The Morgan fingerprint density at radius 2 is 1.69 bits per heavy atom. The van der Waals surface area contributed by atoms with Gasteiger partial charge in [-0.05, 0) is 12.8 Å². The Morgan fingerprint density at radius 1 is 1.25 bits per heavy atom. The van der Waals surface area contributed by atoms with Crippen LogP contribution in [-0.4, -0.2) is 37.9 Å². The maximum absolute atomic E-state index is 10.3. The quantitative estimate of drug-likeness (QED) is 0.392. The van der Waals surface area contributed by atoms with Gasteiger partial charge in [0.15, 0.2) is 0 Å². The topological polar surface area (TPSA) is 34.1 Å². The first kappa shape index (κ1) is 26.6. The summed E-state index contributed by atoms with van der Waals surface area (Å²) in [7, 11) is -2.77. The average Bonchev–Trinajstić information content (AvgIpc) is 2.19. The Hall–Kier alpha value is 2.07. The van der Waals surface area contributed by atoms with E-state index in [1.165, 1.54) is 19.1 Å². The van der Waals surface area contributed by atoms with Crippen molar-refractivity contribution in [3.8, 4) is 0 Å². The Balaban J connectivity index is -0.0000000786. The van der Waals surface area contributed by atoms with Crippen LogP contribution in [-0.2, 0) is 22.5 Å². The van der Waals surface area contributed by atoms with E-state index < -0.39 is 9.84 Å². The fourth-order valence-corrected chi connectivity index (χ4v) is 1.97. The normalized spacial score (nSPS) is 8.88. The number of rotatable bonds is 5. The number of unbranched alkanes of at least 4 members (excludes halogenated alkanes) is 1. The summed E-state index contributed by atoms with van der Waals surface area (Å²) < 4.78 is 20.7. The average molecular weight is 364 g/mol. The van der Waals surface area contributed by atoms with Crippen LogP contribution in [0.1, 0.15) is 26.2 Å². The van der Waals surface area contributed by atoms with Crippen LogP contribution in [0.15, 0.2) is 0 Å². The number of sulfone groups is 1. The summed E-state index contributed by atoms with van der Waals surface area (Å²) in [5.74, 6) is 0.629. The van der Waals surface area contributed by atoms with Crippen molar-refractivity contribution in [2.75, 3.05) is 29.5 Å². The predicted octanol–water partition coefficient (Wildman–Crippen LogP) is 0.00840. The molecule has 7 heteroatoms. The van der Waals surface area contributed by atoms with E-state index in [-0.39, 0.29) is 35.3 Å². The second kappa shape index (κ2) is 22.3. The molecule has 0 aromatic heterocycles. The molecule has 0 saturated carbocycles. The Labute approximate surface area is 142 Å². The molecule has 0 bridgehead atoms. The van der Waals surface area contributed by atoms with E-state index in [0.717, 1.165) is 5.33 Å². The first-order chi connectivity index (χ1) is 6.97. The fraction of sp³-hybridized carbons (Fsp3) is 1.00. The molecule has 0 aliphatic carbocycles. The van der Waals surface area contributed by atoms with Gasteiger partial charge in [-0.25, -0.2) is 8.42 Å². The summed E-state index contributed by atoms with van der Waals surface area (Å²) in [6.07, 6.45) is 5.95. The molecule has 96 valence electrons. The third-order valence-corrected chi connectivity index (χ3v) is 2.99. The third kappa shape index (κ3) is 44.4. The second-order valence-electron chi connectivity index (χ2n) is 2.71. The maximum Gasteiger partial charge on any atom is 1.00 e. The Kier molecular flexibility index (Phi) is 37.0. The number of hydrogen-bond acceptors (Lipinski definition) is 3. The van der Waals surface area contributed by atoms with Gasteiger partial charge in [-0.2, -0.15) is 6.26 Å². The van der Waals surface area contributed by atoms with Gasteiger partial charge in [0.05, 0.1) is 5.75 Å². The van der Waals surface area contributed by atoms with Gasteiger partial charge in [0.2, 0.25) is 0 Å². The van der Waals surface area contributed by atoms with Crippen LogP contribution in [0, 0.1) is 0 Å². The molecule has 0 radical (unpaired) electrons. The van der Waals surface area contributed by atoms with Crippen molar-refractivity contribution in [2.24, 2.45) is 0 Å². The molecule has 0 aromatic carbocycles. The molecular formula is C9H21BrClNaO2S2. The van der Waals surface area contributed by atoms with Gasteiger partial charge in [0.25, 0.3) is 0 Å². The van der Waals surface area contributed by atoms with Crippen molar-refractivity contribution in [1.82, 2.24) is 0 Å². The van der Waals surface area contributed by atoms with Crippen molar-refractivity contribution in [3.63, 3.8) is 0 Å². The molecule has 0 heterocycles. The molecule has 0 N–H and O–H groups in total. The van der Waals surface area contributed by atoms with Crippen molar-refractivity contribution in [1.29, 1.82) is 0 Å². The molecule has 0 aromatic rings. The van der Waals surface area contributed by atoms with Gasteiger partial charge in [-0.3, -0.25) is 0 Å². The van der Waals surface area contributed by atoms with E-state index in [1.807, 2.05) is 0 Å². The zero-order valence-corrected chi connectivity index (χ0v) is 16.6. The summed E-state index contributed by atoms with van der Waals surface area (Å²) in [6.45, 7) is 2.18. The van der Waals surface area contributed by atoms with Crippen LogP contribution < -0.4 is 29.6 Å². The SMILES string of the molecule is CCCCBr.CS(=O)(=O)CCCCl.C[S-].[Na+]. The molecule has 0 aliphatic heterocycles. The zero-order valence-electron chi connectivity index (χ0n) is 10.6.